The maximum atomic E-state index is 5.71. The summed E-state index contributed by atoms with van der Waals surface area (Å²) in [6.45, 7) is 0. The normalized spacial score (nSPS) is 27.0. The summed E-state index contributed by atoms with van der Waals surface area (Å²) in [4.78, 5) is 11.4. The first kappa shape index (κ1) is 14.3. The summed E-state index contributed by atoms with van der Waals surface area (Å²) in [6.07, 6.45) is 10.7. The first-order chi connectivity index (χ1) is 8.74. The number of ether oxygens (including phenoxy) is 2. The summed E-state index contributed by atoms with van der Waals surface area (Å²) in [5, 5.41) is 0. The molecule has 0 aromatic rings. The number of methoxy groups -OCH3 is 2. The Labute approximate surface area is 110 Å². The third-order valence-corrected chi connectivity index (χ3v) is 4.32. The van der Waals surface area contributed by atoms with E-state index in [0.717, 1.165) is 51.4 Å². The molecule has 106 valence electrons. The second-order valence-corrected chi connectivity index (χ2v) is 5.52. The van der Waals surface area contributed by atoms with Crippen molar-refractivity contribution in [2.45, 2.75) is 75.8 Å². The van der Waals surface area contributed by atoms with Crippen molar-refractivity contribution in [3.63, 3.8) is 0 Å². The fraction of sp³-hybridized carbons (Fsp3) is 1.00. The molecule has 0 N–H and O–H groups in total. The fourth-order valence-corrected chi connectivity index (χ4v) is 2.98. The van der Waals surface area contributed by atoms with Gasteiger partial charge >= 0.3 is 0 Å². The Morgan fingerprint density at radius 1 is 0.556 bits per heavy atom. The summed E-state index contributed by atoms with van der Waals surface area (Å²) >= 11 is 0. The molecule has 2 aliphatic carbocycles. The summed E-state index contributed by atoms with van der Waals surface area (Å²) in [5.41, 5.74) is 0. The van der Waals surface area contributed by atoms with Crippen LogP contribution in [-0.2, 0) is 19.2 Å². The van der Waals surface area contributed by atoms with E-state index in [-0.39, 0.29) is 0 Å². The lowest BCUT2D eigenvalue weighted by Gasteiger charge is -2.40. The minimum atomic E-state index is -0.554. The highest BCUT2D eigenvalue weighted by molar-refractivity contribution is 4.76. The summed E-state index contributed by atoms with van der Waals surface area (Å²) in [5.74, 6) is -1.11. The average molecular weight is 258 g/mol. The van der Waals surface area contributed by atoms with Crippen LogP contribution in [0.1, 0.15) is 64.2 Å². The van der Waals surface area contributed by atoms with Crippen molar-refractivity contribution < 1.29 is 19.2 Å². The average Bonchev–Trinajstić information content (AvgIpc) is 2.47. The third kappa shape index (κ3) is 3.23. The van der Waals surface area contributed by atoms with Crippen LogP contribution in [-0.4, -0.2) is 25.8 Å². The molecule has 4 heteroatoms. The second kappa shape index (κ2) is 6.33. The van der Waals surface area contributed by atoms with Gasteiger partial charge in [0.05, 0.1) is 0 Å². The van der Waals surface area contributed by atoms with Crippen LogP contribution in [0.15, 0.2) is 0 Å². The maximum absolute atomic E-state index is 5.71. The lowest BCUT2D eigenvalue weighted by Crippen LogP contribution is -2.44. The monoisotopic (exact) mass is 258 g/mol. The number of hydrogen-bond donors (Lipinski definition) is 0. The fourth-order valence-electron chi connectivity index (χ4n) is 2.98. The molecule has 0 aliphatic heterocycles. The molecule has 2 aliphatic rings. The minimum absolute atomic E-state index is 0.554. The van der Waals surface area contributed by atoms with Crippen LogP contribution >= 0.6 is 0 Å². The predicted molar refractivity (Wildman–Crippen MR) is 67.8 cm³/mol. The lowest BCUT2D eigenvalue weighted by atomic mass is 9.94. The van der Waals surface area contributed by atoms with Crippen LogP contribution in [0.25, 0.3) is 0 Å². The molecule has 4 nitrogen and oxygen atoms in total. The largest absolute Gasteiger partial charge is 0.351 e. The molecule has 0 unspecified atom stereocenters. The van der Waals surface area contributed by atoms with E-state index in [1.807, 2.05) is 0 Å². The van der Waals surface area contributed by atoms with Gasteiger partial charge in [0.2, 0.25) is 11.6 Å². The van der Waals surface area contributed by atoms with E-state index in [9.17, 15) is 0 Å². The van der Waals surface area contributed by atoms with Crippen molar-refractivity contribution in [2.24, 2.45) is 0 Å². The molecule has 0 radical (unpaired) electrons. The Kier molecular flexibility index (Phi) is 5.01. The first-order valence-electron chi connectivity index (χ1n) is 7.21. The van der Waals surface area contributed by atoms with Gasteiger partial charge in [-0.15, -0.1) is 0 Å². The SMILES string of the molecule is COC1(OOC2(OC)CCCCC2)CCCCC1. The Hall–Kier alpha value is -0.160. The standard InChI is InChI=1S/C14H26O4/c1-15-13(9-5-3-6-10-13)17-18-14(16-2)11-7-4-8-12-14/h3-12H2,1-2H3. The van der Waals surface area contributed by atoms with Crippen molar-refractivity contribution in [3.05, 3.63) is 0 Å². The van der Waals surface area contributed by atoms with Gasteiger partial charge in [-0.2, -0.15) is 9.78 Å². The minimum Gasteiger partial charge on any atom is -0.351 e. The number of hydrogen-bond acceptors (Lipinski definition) is 4. The van der Waals surface area contributed by atoms with Gasteiger partial charge < -0.3 is 9.47 Å². The molecular weight excluding hydrogens is 232 g/mol. The summed E-state index contributed by atoms with van der Waals surface area (Å²) in [6, 6.07) is 0. The van der Waals surface area contributed by atoms with Crippen LogP contribution in [0.2, 0.25) is 0 Å². The highest BCUT2D eigenvalue weighted by Crippen LogP contribution is 2.37. The molecule has 0 atom stereocenters. The van der Waals surface area contributed by atoms with E-state index in [0.29, 0.717) is 0 Å². The molecule has 0 heterocycles. The third-order valence-electron chi connectivity index (χ3n) is 4.32. The van der Waals surface area contributed by atoms with Crippen LogP contribution in [0.5, 0.6) is 0 Å². The van der Waals surface area contributed by atoms with Gasteiger partial charge in [0, 0.05) is 39.9 Å². The zero-order valence-corrected chi connectivity index (χ0v) is 11.7. The van der Waals surface area contributed by atoms with Crippen molar-refractivity contribution in [2.75, 3.05) is 14.2 Å². The van der Waals surface area contributed by atoms with E-state index >= 15 is 0 Å². The molecule has 0 spiro atoms. The molecule has 0 bridgehead atoms. The quantitative estimate of drug-likeness (QED) is 0.429. The highest BCUT2D eigenvalue weighted by Gasteiger charge is 2.40. The predicted octanol–water partition coefficient (Wildman–Crippen LogP) is 3.55. The zero-order chi connectivity index (χ0) is 12.9. The van der Waals surface area contributed by atoms with Gasteiger partial charge in [-0.05, 0) is 25.7 Å². The maximum Gasteiger partial charge on any atom is 0.201 e. The highest BCUT2D eigenvalue weighted by atomic mass is 17.3. The molecule has 0 amide bonds. The van der Waals surface area contributed by atoms with Crippen molar-refractivity contribution in [1.29, 1.82) is 0 Å². The Morgan fingerprint density at radius 2 is 0.889 bits per heavy atom. The van der Waals surface area contributed by atoms with E-state index in [4.69, 9.17) is 19.2 Å². The Balaban J connectivity index is 1.91. The van der Waals surface area contributed by atoms with Crippen LogP contribution in [0, 0.1) is 0 Å². The topological polar surface area (TPSA) is 36.9 Å². The second-order valence-electron chi connectivity index (χ2n) is 5.52. The van der Waals surface area contributed by atoms with E-state index in [1.54, 1.807) is 14.2 Å². The molecule has 18 heavy (non-hydrogen) atoms. The Bertz CT molecular complexity index is 216. The van der Waals surface area contributed by atoms with E-state index in [2.05, 4.69) is 0 Å². The smallest absolute Gasteiger partial charge is 0.201 e. The molecule has 2 saturated carbocycles. The van der Waals surface area contributed by atoms with Crippen molar-refractivity contribution >= 4 is 0 Å². The van der Waals surface area contributed by atoms with Gasteiger partial charge in [0.1, 0.15) is 0 Å². The van der Waals surface area contributed by atoms with Gasteiger partial charge in [0.15, 0.2) is 0 Å². The van der Waals surface area contributed by atoms with Crippen LogP contribution in [0.3, 0.4) is 0 Å². The van der Waals surface area contributed by atoms with Gasteiger partial charge in [-0.25, -0.2) is 0 Å². The number of rotatable bonds is 5. The van der Waals surface area contributed by atoms with E-state index in [1.165, 1.54) is 12.8 Å². The first-order valence-corrected chi connectivity index (χ1v) is 7.21. The summed E-state index contributed by atoms with van der Waals surface area (Å²) < 4.78 is 11.1. The van der Waals surface area contributed by atoms with Gasteiger partial charge in [-0.1, -0.05) is 12.8 Å². The molecule has 0 aromatic heterocycles. The Morgan fingerprint density at radius 3 is 1.17 bits per heavy atom. The molecular formula is C14H26O4. The van der Waals surface area contributed by atoms with Gasteiger partial charge in [0.25, 0.3) is 0 Å². The van der Waals surface area contributed by atoms with Gasteiger partial charge in [-0.3, -0.25) is 0 Å². The molecule has 2 rings (SSSR count). The van der Waals surface area contributed by atoms with Crippen molar-refractivity contribution in [1.82, 2.24) is 0 Å². The zero-order valence-electron chi connectivity index (χ0n) is 11.7. The van der Waals surface area contributed by atoms with Crippen LogP contribution in [0.4, 0.5) is 0 Å². The molecule has 0 saturated heterocycles. The molecule has 0 aromatic carbocycles. The van der Waals surface area contributed by atoms with Crippen molar-refractivity contribution in [3.8, 4) is 0 Å². The summed E-state index contributed by atoms with van der Waals surface area (Å²) in [7, 11) is 3.41. The lowest BCUT2D eigenvalue weighted by molar-refractivity contribution is -0.507. The molecule has 2 fully saturated rings. The van der Waals surface area contributed by atoms with E-state index < -0.39 is 11.6 Å². The van der Waals surface area contributed by atoms with Crippen LogP contribution < -0.4 is 0 Å².